The van der Waals surface area contributed by atoms with Gasteiger partial charge in [0, 0.05) is 11.1 Å². The van der Waals surface area contributed by atoms with E-state index >= 15 is 0 Å². The lowest BCUT2D eigenvalue weighted by molar-refractivity contribution is 0.415. The molecule has 0 aliphatic carbocycles. The Morgan fingerprint density at radius 1 is 1.12 bits per heavy atom. The molecule has 0 heterocycles. The minimum Gasteiger partial charge on any atom is -0.497 e. The zero-order valence-electron chi connectivity index (χ0n) is 9.41. The summed E-state index contributed by atoms with van der Waals surface area (Å²) in [5, 5.41) is 0. The molecule has 0 bridgehead atoms. The quantitative estimate of drug-likeness (QED) is 0.712. The van der Waals surface area contributed by atoms with Gasteiger partial charge in [0.25, 0.3) is 0 Å². The summed E-state index contributed by atoms with van der Waals surface area (Å²) in [6, 6.07) is 12.0. The van der Waals surface area contributed by atoms with Gasteiger partial charge in [-0.3, -0.25) is 0 Å². The van der Waals surface area contributed by atoms with E-state index in [1.807, 2.05) is 12.1 Å². The molecular weight excluding hydrogens is 215 g/mol. The Kier molecular flexibility index (Phi) is 3.11. The molecular formula is C15H11FO. The highest BCUT2D eigenvalue weighted by atomic mass is 19.1. The Bertz CT molecular complexity index is 564. The van der Waals surface area contributed by atoms with Crippen molar-refractivity contribution in [3.05, 3.63) is 53.8 Å². The van der Waals surface area contributed by atoms with Crippen molar-refractivity contribution in [1.82, 2.24) is 0 Å². The van der Waals surface area contributed by atoms with Crippen LogP contribution in [0.2, 0.25) is 0 Å². The molecule has 0 saturated carbocycles. The molecule has 84 valence electrons. The predicted octanol–water partition coefficient (Wildman–Crippen LogP) is 3.48. The van der Waals surface area contributed by atoms with Gasteiger partial charge < -0.3 is 4.74 Å². The van der Waals surface area contributed by atoms with Gasteiger partial charge >= 0.3 is 0 Å². The molecule has 0 fully saturated rings. The molecule has 0 unspecified atom stereocenters. The van der Waals surface area contributed by atoms with Gasteiger partial charge in [0.15, 0.2) is 0 Å². The smallest absolute Gasteiger partial charge is 0.132 e. The van der Waals surface area contributed by atoms with Crippen molar-refractivity contribution < 1.29 is 9.13 Å². The van der Waals surface area contributed by atoms with Crippen molar-refractivity contribution in [2.75, 3.05) is 7.11 Å². The van der Waals surface area contributed by atoms with Gasteiger partial charge in [0.1, 0.15) is 11.6 Å². The van der Waals surface area contributed by atoms with Crippen LogP contribution in [0.1, 0.15) is 5.56 Å². The number of benzene rings is 2. The number of ether oxygens (including phenoxy) is 1. The number of rotatable bonds is 2. The lowest BCUT2D eigenvalue weighted by Crippen LogP contribution is -1.87. The first kappa shape index (κ1) is 11.2. The molecule has 0 saturated heterocycles. The van der Waals surface area contributed by atoms with Crippen LogP contribution in [0.3, 0.4) is 0 Å². The third-order valence-corrected chi connectivity index (χ3v) is 2.54. The maximum atomic E-state index is 13.8. The fourth-order valence-electron chi connectivity index (χ4n) is 1.61. The maximum absolute atomic E-state index is 13.8. The normalized spacial score (nSPS) is 9.71. The van der Waals surface area contributed by atoms with Crippen molar-refractivity contribution in [1.29, 1.82) is 0 Å². The minimum atomic E-state index is -0.314. The van der Waals surface area contributed by atoms with Crippen LogP contribution in [0.15, 0.2) is 42.5 Å². The fraction of sp³-hybridized carbons (Fsp3) is 0.0667. The molecule has 0 aromatic heterocycles. The van der Waals surface area contributed by atoms with Crippen LogP contribution in [0, 0.1) is 18.2 Å². The van der Waals surface area contributed by atoms with E-state index < -0.39 is 0 Å². The van der Waals surface area contributed by atoms with Gasteiger partial charge in [-0.2, -0.15) is 0 Å². The highest BCUT2D eigenvalue weighted by molar-refractivity contribution is 5.65. The largest absolute Gasteiger partial charge is 0.497 e. The van der Waals surface area contributed by atoms with Crippen molar-refractivity contribution >= 4 is 0 Å². The molecule has 0 aliphatic heterocycles. The predicted molar refractivity (Wildman–Crippen MR) is 66.3 cm³/mol. The van der Waals surface area contributed by atoms with Crippen LogP contribution in [-0.4, -0.2) is 7.11 Å². The van der Waals surface area contributed by atoms with Crippen molar-refractivity contribution in [2.45, 2.75) is 0 Å². The lowest BCUT2D eigenvalue weighted by Gasteiger charge is -2.05. The van der Waals surface area contributed by atoms with E-state index in [0.29, 0.717) is 11.1 Å². The van der Waals surface area contributed by atoms with Crippen LogP contribution < -0.4 is 4.74 Å². The molecule has 17 heavy (non-hydrogen) atoms. The molecule has 2 heteroatoms. The first-order chi connectivity index (χ1) is 8.24. The standard InChI is InChI=1S/C15H11FO/c1-3-11-4-9-14(15(16)10-11)12-5-7-13(17-2)8-6-12/h1,4-10H,2H3. The summed E-state index contributed by atoms with van der Waals surface area (Å²) >= 11 is 0. The first-order valence-corrected chi connectivity index (χ1v) is 5.15. The highest BCUT2D eigenvalue weighted by Crippen LogP contribution is 2.25. The van der Waals surface area contributed by atoms with E-state index in [0.717, 1.165) is 11.3 Å². The van der Waals surface area contributed by atoms with Gasteiger partial charge in [-0.05, 0) is 29.8 Å². The van der Waals surface area contributed by atoms with Crippen LogP contribution in [0.4, 0.5) is 4.39 Å². The maximum Gasteiger partial charge on any atom is 0.132 e. The van der Waals surface area contributed by atoms with Gasteiger partial charge in [-0.25, -0.2) is 4.39 Å². The van der Waals surface area contributed by atoms with E-state index in [-0.39, 0.29) is 5.82 Å². The topological polar surface area (TPSA) is 9.23 Å². The Morgan fingerprint density at radius 3 is 2.35 bits per heavy atom. The Hall–Kier alpha value is -2.27. The van der Waals surface area contributed by atoms with Crippen LogP contribution in [0.25, 0.3) is 11.1 Å². The average Bonchev–Trinajstić information content (AvgIpc) is 2.39. The molecule has 0 aliphatic rings. The summed E-state index contributed by atoms with van der Waals surface area (Å²) in [6.07, 6.45) is 5.21. The number of hydrogen-bond acceptors (Lipinski definition) is 1. The van der Waals surface area contributed by atoms with Gasteiger partial charge in [0.05, 0.1) is 7.11 Å². The fourth-order valence-corrected chi connectivity index (χ4v) is 1.61. The van der Waals surface area contributed by atoms with Gasteiger partial charge in [0.2, 0.25) is 0 Å². The molecule has 0 atom stereocenters. The number of terminal acetylenes is 1. The summed E-state index contributed by atoms with van der Waals surface area (Å²) < 4.78 is 18.8. The van der Waals surface area contributed by atoms with Crippen LogP contribution >= 0.6 is 0 Å². The Labute approximate surface area is 99.9 Å². The zero-order chi connectivity index (χ0) is 12.3. The van der Waals surface area contributed by atoms with Crippen LogP contribution in [-0.2, 0) is 0 Å². The molecule has 1 nitrogen and oxygen atoms in total. The lowest BCUT2D eigenvalue weighted by atomic mass is 10.0. The molecule has 0 radical (unpaired) electrons. The third kappa shape index (κ3) is 2.29. The molecule has 0 amide bonds. The monoisotopic (exact) mass is 226 g/mol. The average molecular weight is 226 g/mol. The number of methoxy groups -OCH3 is 1. The van der Waals surface area contributed by atoms with Gasteiger partial charge in [-0.1, -0.05) is 24.1 Å². The first-order valence-electron chi connectivity index (χ1n) is 5.15. The zero-order valence-corrected chi connectivity index (χ0v) is 9.41. The van der Waals surface area contributed by atoms with Gasteiger partial charge in [-0.15, -0.1) is 6.42 Å². The molecule has 2 aromatic carbocycles. The molecule has 2 rings (SSSR count). The minimum absolute atomic E-state index is 0.314. The summed E-state index contributed by atoms with van der Waals surface area (Å²) in [4.78, 5) is 0. The van der Waals surface area contributed by atoms with E-state index in [1.54, 1.807) is 31.4 Å². The van der Waals surface area contributed by atoms with E-state index in [4.69, 9.17) is 11.2 Å². The van der Waals surface area contributed by atoms with E-state index in [9.17, 15) is 4.39 Å². The molecule has 0 spiro atoms. The van der Waals surface area contributed by atoms with E-state index in [1.165, 1.54) is 6.07 Å². The SMILES string of the molecule is C#Cc1ccc(-c2ccc(OC)cc2)c(F)c1. The van der Waals surface area contributed by atoms with E-state index in [2.05, 4.69) is 5.92 Å². The Balaban J connectivity index is 2.42. The van der Waals surface area contributed by atoms with Crippen molar-refractivity contribution in [3.8, 4) is 29.2 Å². The second-order valence-electron chi connectivity index (χ2n) is 3.57. The second kappa shape index (κ2) is 4.71. The van der Waals surface area contributed by atoms with Crippen LogP contribution in [0.5, 0.6) is 5.75 Å². The third-order valence-electron chi connectivity index (χ3n) is 2.54. The summed E-state index contributed by atoms with van der Waals surface area (Å²) in [6.45, 7) is 0. The summed E-state index contributed by atoms with van der Waals surface area (Å²) in [5.41, 5.74) is 1.87. The second-order valence-corrected chi connectivity index (χ2v) is 3.57. The van der Waals surface area contributed by atoms with Crippen molar-refractivity contribution in [2.24, 2.45) is 0 Å². The van der Waals surface area contributed by atoms with Crippen molar-refractivity contribution in [3.63, 3.8) is 0 Å². The summed E-state index contributed by atoms with van der Waals surface area (Å²) in [5.74, 6) is 2.84. The molecule has 2 aromatic rings. The highest BCUT2D eigenvalue weighted by Gasteiger charge is 2.05. The number of hydrogen-bond donors (Lipinski definition) is 0. The number of halogens is 1. The molecule has 0 N–H and O–H groups in total. The Morgan fingerprint density at radius 2 is 1.82 bits per heavy atom. The summed E-state index contributed by atoms with van der Waals surface area (Å²) in [7, 11) is 1.59.